The van der Waals surface area contributed by atoms with E-state index in [2.05, 4.69) is 15.3 Å². The molecule has 2 aromatic carbocycles. The molecule has 4 nitrogen and oxygen atoms in total. The van der Waals surface area contributed by atoms with E-state index in [0.717, 1.165) is 33.2 Å². The Bertz CT molecular complexity index is 1080. The SMILES string of the molecule is CC(=O)Nc1cccc2ccc(-c3cc4cc(F)ccc4[nH]3)nc12. The zero-order valence-electron chi connectivity index (χ0n) is 12.9. The molecule has 24 heavy (non-hydrogen) atoms. The molecule has 0 bridgehead atoms. The molecular formula is C19H14FN3O. The van der Waals surface area contributed by atoms with Crippen molar-refractivity contribution < 1.29 is 9.18 Å². The maximum Gasteiger partial charge on any atom is 0.221 e. The second-order valence-electron chi connectivity index (χ2n) is 5.67. The lowest BCUT2D eigenvalue weighted by molar-refractivity contribution is -0.114. The van der Waals surface area contributed by atoms with Crippen LogP contribution in [0.5, 0.6) is 0 Å². The van der Waals surface area contributed by atoms with E-state index in [1.54, 1.807) is 6.07 Å². The summed E-state index contributed by atoms with van der Waals surface area (Å²) in [5.74, 6) is -0.414. The van der Waals surface area contributed by atoms with E-state index in [0.29, 0.717) is 5.69 Å². The van der Waals surface area contributed by atoms with E-state index >= 15 is 0 Å². The van der Waals surface area contributed by atoms with Gasteiger partial charge in [-0.05, 0) is 36.4 Å². The van der Waals surface area contributed by atoms with Gasteiger partial charge in [0.05, 0.1) is 22.6 Å². The van der Waals surface area contributed by atoms with Crippen LogP contribution in [0.3, 0.4) is 0 Å². The monoisotopic (exact) mass is 319 g/mol. The van der Waals surface area contributed by atoms with Gasteiger partial charge in [0, 0.05) is 23.2 Å². The number of H-pyrrole nitrogens is 1. The Hall–Kier alpha value is -3.21. The number of benzene rings is 2. The Kier molecular flexibility index (Phi) is 3.27. The van der Waals surface area contributed by atoms with Crippen LogP contribution in [0.15, 0.2) is 54.6 Å². The topological polar surface area (TPSA) is 57.8 Å². The second-order valence-corrected chi connectivity index (χ2v) is 5.67. The molecule has 0 aliphatic rings. The van der Waals surface area contributed by atoms with E-state index in [9.17, 15) is 9.18 Å². The molecule has 0 saturated heterocycles. The molecule has 2 N–H and O–H groups in total. The van der Waals surface area contributed by atoms with Crippen molar-refractivity contribution in [2.75, 3.05) is 5.32 Å². The first-order chi connectivity index (χ1) is 11.6. The summed E-state index contributed by atoms with van der Waals surface area (Å²) in [6, 6.07) is 16.0. The second kappa shape index (κ2) is 5.45. The van der Waals surface area contributed by atoms with E-state index < -0.39 is 0 Å². The summed E-state index contributed by atoms with van der Waals surface area (Å²) < 4.78 is 13.4. The minimum absolute atomic E-state index is 0.143. The van der Waals surface area contributed by atoms with E-state index in [1.165, 1.54) is 19.1 Å². The van der Waals surface area contributed by atoms with Crippen molar-refractivity contribution in [3.63, 3.8) is 0 Å². The molecule has 4 aromatic rings. The molecule has 0 fully saturated rings. The summed E-state index contributed by atoms with van der Waals surface area (Å²) in [6.45, 7) is 1.47. The normalized spacial score (nSPS) is 11.1. The summed E-state index contributed by atoms with van der Waals surface area (Å²) in [5.41, 5.74) is 3.77. The van der Waals surface area contributed by atoms with E-state index in [1.807, 2.05) is 36.4 Å². The Balaban J connectivity index is 1.87. The minimum Gasteiger partial charge on any atom is -0.353 e. The lowest BCUT2D eigenvalue weighted by atomic mass is 10.1. The first-order valence-electron chi connectivity index (χ1n) is 7.56. The van der Waals surface area contributed by atoms with Crippen molar-refractivity contribution in [3.05, 3.63) is 60.4 Å². The number of fused-ring (bicyclic) bond motifs is 2. The largest absolute Gasteiger partial charge is 0.353 e. The quantitative estimate of drug-likeness (QED) is 0.572. The predicted molar refractivity (Wildman–Crippen MR) is 93.3 cm³/mol. The van der Waals surface area contributed by atoms with Crippen molar-refractivity contribution in [2.45, 2.75) is 6.92 Å². The molecule has 0 atom stereocenters. The van der Waals surface area contributed by atoms with Crippen molar-refractivity contribution in [3.8, 4) is 11.4 Å². The minimum atomic E-state index is -0.271. The molecule has 0 radical (unpaired) electrons. The standard InChI is InChI=1S/C19H14FN3O/c1-11(24)21-17-4-2-3-12-5-7-16(23-19(12)17)18-10-13-9-14(20)6-8-15(13)22-18/h2-10,22H,1H3,(H,21,24). The lowest BCUT2D eigenvalue weighted by Crippen LogP contribution is -2.06. The molecule has 0 saturated carbocycles. The maximum atomic E-state index is 13.4. The number of halogens is 1. The number of amides is 1. The fraction of sp³-hybridized carbons (Fsp3) is 0.0526. The molecule has 0 aliphatic carbocycles. The summed E-state index contributed by atoms with van der Waals surface area (Å²) >= 11 is 0. The van der Waals surface area contributed by atoms with Crippen LogP contribution in [-0.4, -0.2) is 15.9 Å². The molecule has 2 heterocycles. The van der Waals surface area contributed by atoms with Crippen LogP contribution < -0.4 is 5.32 Å². The summed E-state index contributed by atoms with van der Waals surface area (Å²) in [5, 5.41) is 4.53. The van der Waals surface area contributed by atoms with Crippen LogP contribution in [0.25, 0.3) is 33.2 Å². The van der Waals surface area contributed by atoms with Crippen molar-refractivity contribution in [1.29, 1.82) is 0 Å². The molecule has 118 valence electrons. The number of carbonyl (C=O) groups excluding carboxylic acids is 1. The highest BCUT2D eigenvalue weighted by molar-refractivity contribution is 6.00. The Morgan fingerprint density at radius 2 is 1.96 bits per heavy atom. The molecule has 1 amide bonds. The number of carbonyl (C=O) groups is 1. The van der Waals surface area contributed by atoms with E-state index in [4.69, 9.17) is 0 Å². The lowest BCUT2D eigenvalue weighted by Gasteiger charge is -2.07. The van der Waals surface area contributed by atoms with Crippen LogP contribution in [0.1, 0.15) is 6.92 Å². The Morgan fingerprint density at radius 1 is 1.08 bits per heavy atom. The third-order valence-corrected chi connectivity index (χ3v) is 3.89. The summed E-state index contributed by atoms with van der Waals surface area (Å²) in [6.07, 6.45) is 0. The zero-order valence-corrected chi connectivity index (χ0v) is 12.9. The molecule has 0 unspecified atom stereocenters. The number of aromatic amines is 1. The molecule has 5 heteroatoms. The van der Waals surface area contributed by atoms with Gasteiger partial charge in [0.15, 0.2) is 0 Å². The first-order valence-corrected chi connectivity index (χ1v) is 7.56. The third kappa shape index (κ3) is 2.50. The van der Waals surface area contributed by atoms with Crippen LogP contribution in [0.4, 0.5) is 10.1 Å². The fourth-order valence-electron chi connectivity index (χ4n) is 2.83. The number of rotatable bonds is 2. The van der Waals surface area contributed by atoms with Gasteiger partial charge >= 0.3 is 0 Å². The van der Waals surface area contributed by atoms with Gasteiger partial charge in [0.1, 0.15) is 5.82 Å². The van der Waals surface area contributed by atoms with Gasteiger partial charge in [-0.25, -0.2) is 9.37 Å². The number of nitrogens with zero attached hydrogens (tertiary/aromatic N) is 1. The number of hydrogen-bond donors (Lipinski definition) is 2. The molecule has 2 aromatic heterocycles. The molecule has 0 aliphatic heterocycles. The van der Waals surface area contributed by atoms with E-state index in [-0.39, 0.29) is 11.7 Å². The Morgan fingerprint density at radius 3 is 2.79 bits per heavy atom. The average molecular weight is 319 g/mol. The van der Waals surface area contributed by atoms with Gasteiger partial charge in [-0.1, -0.05) is 18.2 Å². The van der Waals surface area contributed by atoms with Crippen molar-refractivity contribution in [1.82, 2.24) is 9.97 Å². The van der Waals surface area contributed by atoms with Crippen LogP contribution in [0, 0.1) is 5.82 Å². The first kappa shape index (κ1) is 14.4. The fourth-order valence-corrected chi connectivity index (χ4v) is 2.83. The highest BCUT2D eigenvalue weighted by Gasteiger charge is 2.09. The zero-order chi connectivity index (χ0) is 16.7. The van der Waals surface area contributed by atoms with Crippen molar-refractivity contribution >= 4 is 33.4 Å². The van der Waals surface area contributed by atoms with Gasteiger partial charge in [-0.2, -0.15) is 0 Å². The smallest absolute Gasteiger partial charge is 0.221 e. The molecular weight excluding hydrogens is 305 g/mol. The number of para-hydroxylation sites is 1. The van der Waals surface area contributed by atoms with Gasteiger partial charge in [0.25, 0.3) is 0 Å². The van der Waals surface area contributed by atoms with Gasteiger partial charge in [0.2, 0.25) is 5.91 Å². The van der Waals surface area contributed by atoms with Gasteiger partial charge in [-0.3, -0.25) is 4.79 Å². The Labute approximate surface area is 137 Å². The van der Waals surface area contributed by atoms with Crippen molar-refractivity contribution in [2.24, 2.45) is 0 Å². The number of aromatic nitrogens is 2. The number of nitrogens with one attached hydrogen (secondary N) is 2. The van der Waals surface area contributed by atoms with Crippen LogP contribution >= 0.6 is 0 Å². The molecule has 0 spiro atoms. The summed E-state index contributed by atoms with van der Waals surface area (Å²) in [4.78, 5) is 19.3. The molecule has 4 rings (SSSR count). The number of hydrogen-bond acceptors (Lipinski definition) is 2. The average Bonchev–Trinajstić information content (AvgIpc) is 2.97. The summed E-state index contributed by atoms with van der Waals surface area (Å²) in [7, 11) is 0. The number of pyridine rings is 1. The van der Waals surface area contributed by atoms with Crippen LogP contribution in [0.2, 0.25) is 0 Å². The number of anilines is 1. The highest BCUT2D eigenvalue weighted by atomic mass is 19.1. The highest BCUT2D eigenvalue weighted by Crippen LogP contribution is 2.28. The van der Waals surface area contributed by atoms with Gasteiger partial charge < -0.3 is 10.3 Å². The van der Waals surface area contributed by atoms with Gasteiger partial charge in [-0.15, -0.1) is 0 Å². The van der Waals surface area contributed by atoms with Crippen LogP contribution in [-0.2, 0) is 4.79 Å². The maximum absolute atomic E-state index is 13.4. The predicted octanol–water partition coefficient (Wildman–Crippen LogP) is 4.48. The third-order valence-electron chi connectivity index (χ3n) is 3.89.